The summed E-state index contributed by atoms with van der Waals surface area (Å²) in [7, 11) is 0. The van der Waals surface area contributed by atoms with Crippen molar-refractivity contribution in [1.82, 2.24) is 9.55 Å². The first-order valence-electron chi connectivity index (χ1n) is 7.76. The molecule has 26 heavy (non-hydrogen) atoms. The van der Waals surface area contributed by atoms with Gasteiger partial charge in [0.05, 0.1) is 34.4 Å². The van der Waals surface area contributed by atoms with Crippen molar-refractivity contribution in [2.24, 2.45) is 0 Å². The van der Waals surface area contributed by atoms with Crippen molar-refractivity contribution >= 4 is 39.3 Å². The van der Waals surface area contributed by atoms with E-state index in [0.29, 0.717) is 32.6 Å². The molecular weight excluding hydrogens is 364 g/mol. The molecule has 0 unspecified atom stereocenters. The highest BCUT2D eigenvalue weighted by Crippen LogP contribution is 2.35. The number of hydrogen-bond acceptors (Lipinski definition) is 4. The Balaban J connectivity index is 2.11. The second-order valence-corrected chi connectivity index (χ2v) is 6.01. The van der Waals surface area contributed by atoms with Gasteiger partial charge in [-0.2, -0.15) is 4.98 Å². The Hall–Kier alpha value is -2.93. The van der Waals surface area contributed by atoms with Crippen molar-refractivity contribution in [2.45, 2.75) is 6.43 Å². The van der Waals surface area contributed by atoms with Crippen LogP contribution in [0, 0.1) is 0 Å². The summed E-state index contributed by atoms with van der Waals surface area (Å²) in [5.41, 5.74) is 0.765. The van der Waals surface area contributed by atoms with Gasteiger partial charge in [-0.15, -0.1) is 0 Å². The minimum atomic E-state index is -2.59. The Kier molecular flexibility index (Phi) is 4.08. The van der Waals surface area contributed by atoms with Crippen molar-refractivity contribution in [3.05, 3.63) is 64.2 Å². The molecule has 2 aromatic heterocycles. The van der Waals surface area contributed by atoms with Crippen LogP contribution in [0.4, 0.5) is 14.6 Å². The highest BCUT2D eigenvalue weighted by molar-refractivity contribution is 6.37. The average Bonchev–Trinajstić information content (AvgIpc) is 3.10. The van der Waals surface area contributed by atoms with Crippen molar-refractivity contribution in [3.8, 4) is 5.69 Å². The quantitative estimate of drug-likeness (QED) is 0.572. The molecule has 0 radical (unpaired) electrons. The van der Waals surface area contributed by atoms with E-state index in [1.165, 1.54) is 10.8 Å². The summed E-state index contributed by atoms with van der Waals surface area (Å²) >= 11 is 6.33. The molecule has 8 heteroatoms. The summed E-state index contributed by atoms with van der Waals surface area (Å²) in [4.78, 5) is 16.6. The van der Waals surface area contributed by atoms with E-state index in [9.17, 15) is 13.6 Å². The van der Waals surface area contributed by atoms with Crippen molar-refractivity contribution in [2.75, 3.05) is 11.9 Å². The molecular formula is C18H12ClF2N3O2. The second kappa shape index (κ2) is 6.42. The van der Waals surface area contributed by atoms with E-state index in [1.54, 1.807) is 36.4 Å². The molecule has 0 saturated heterocycles. The minimum Gasteiger partial charge on any atom is -0.463 e. The topological polar surface area (TPSA) is 60.1 Å². The van der Waals surface area contributed by atoms with Crippen LogP contribution in [-0.4, -0.2) is 22.5 Å². The first-order chi connectivity index (χ1) is 12.6. The summed E-state index contributed by atoms with van der Waals surface area (Å²) in [6.07, 6.45) is -1.15. The van der Waals surface area contributed by atoms with Gasteiger partial charge < -0.3 is 9.73 Å². The van der Waals surface area contributed by atoms with Crippen LogP contribution in [0.25, 0.3) is 27.6 Å². The molecule has 2 heterocycles. The number of furan rings is 1. The van der Waals surface area contributed by atoms with E-state index in [-0.39, 0.29) is 5.82 Å². The Morgan fingerprint density at radius 2 is 2.00 bits per heavy atom. The molecule has 0 fully saturated rings. The number of aromatic nitrogens is 2. The molecule has 0 spiro atoms. The number of halogens is 3. The third-order valence-corrected chi connectivity index (χ3v) is 4.30. The molecule has 2 aromatic carbocycles. The number of para-hydroxylation sites is 1. The highest BCUT2D eigenvalue weighted by atomic mass is 35.5. The van der Waals surface area contributed by atoms with E-state index in [0.717, 1.165) is 0 Å². The van der Waals surface area contributed by atoms with Gasteiger partial charge >= 0.3 is 5.69 Å². The number of anilines is 1. The second-order valence-electron chi connectivity index (χ2n) is 5.60. The Morgan fingerprint density at radius 3 is 2.73 bits per heavy atom. The van der Waals surface area contributed by atoms with E-state index < -0.39 is 18.7 Å². The van der Waals surface area contributed by atoms with E-state index in [4.69, 9.17) is 16.0 Å². The zero-order chi connectivity index (χ0) is 18.3. The maximum atomic E-state index is 12.7. The van der Waals surface area contributed by atoms with Gasteiger partial charge in [0.1, 0.15) is 11.4 Å². The molecule has 132 valence electrons. The smallest absolute Gasteiger partial charge is 0.354 e. The number of alkyl halides is 2. The predicted molar refractivity (Wildman–Crippen MR) is 96.6 cm³/mol. The molecule has 5 nitrogen and oxygen atoms in total. The molecule has 0 aliphatic carbocycles. The van der Waals surface area contributed by atoms with Gasteiger partial charge in [-0.05, 0) is 24.3 Å². The van der Waals surface area contributed by atoms with Gasteiger partial charge in [0.25, 0.3) is 6.43 Å². The molecule has 0 aliphatic heterocycles. The summed E-state index contributed by atoms with van der Waals surface area (Å²) in [5, 5.41) is 3.94. The number of nitrogens with one attached hydrogen (secondary N) is 1. The number of fused-ring (bicyclic) bond motifs is 3. The predicted octanol–water partition coefficient (Wildman–Crippen LogP) is 4.46. The van der Waals surface area contributed by atoms with Crippen LogP contribution in [0.3, 0.4) is 0 Å². The van der Waals surface area contributed by atoms with Gasteiger partial charge in [-0.1, -0.05) is 29.8 Å². The van der Waals surface area contributed by atoms with E-state index in [2.05, 4.69) is 10.3 Å². The minimum absolute atomic E-state index is 0.0362. The molecule has 4 rings (SSSR count). The normalized spacial score (nSPS) is 11.5. The largest absolute Gasteiger partial charge is 0.463 e. The first-order valence-corrected chi connectivity index (χ1v) is 8.14. The molecule has 0 amide bonds. The fourth-order valence-electron chi connectivity index (χ4n) is 2.92. The number of nitrogens with zero attached hydrogens (tertiary/aromatic N) is 2. The Labute approximate surface area is 150 Å². The SMILES string of the molecule is O=c1nc(NCC(F)F)c2c3occc3c(Cl)cc2n1-c1ccccc1. The molecule has 0 saturated carbocycles. The maximum absolute atomic E-state index is 12.7. The van der Waals surface area contributed by atoms with Crippen LogP contribution in [0.2, 0.25) is 5.02 Å². The van der Waals surface area contributed by atoms with Crippen LogP contribution in [0.5, 0.6) is 0 Å². The summed E-state index contributed by atoms with van der Waals surface area (Å²) in [5.74, 6) is 0.0362. The Morgan fingerprint density at radius 1 is 1.23 bits per heavy atom. The number of rotatable bonds is 4. The lowest BCUT2D eigenvalue weighted by Gasteiger charge is -2.14. The maximum Gasteiger partial charge on any atom is 0.354 e. The fraction of sp³-hybridized carbons (Fsp3) is 0.111. The first kappa shape index (κ1) is 16.5. The lowest BCUT2D eigenvalue weighted by molar-refractivity contribution is 0.163. The summed E-state index contributed by atoms with van der Waals surface area (Å²) in [6, 6.07) is 12.2. The van der Waals surface area contributed by atoms with Crippen molar-refractivity contribution in [1.29, 1.82) is 0 Å². The average molecular weight is 376 g/mol. The van der Waals surface area contributed by atoms with Crippen LogP contribution in [-0.2, 0) is 0 Å². The third kappa shape index (κ3) is 2.70. The lowest BCUT2D eigenvalue weighted by atomic mass is 10.1. The monoisotopic (exact) mass is 375 g/mol. The van der Waals surface area contributed by atoms with Crippen LogP contribution in [0.15, 0.2) is 57.9 Å². The highest BCUT2D eigenvalue weighted by Gasteiger charge is 2.19. The van der Waals surface area contributed by atoms with Gasteiger partial charge in [0.2, 0.25) is 0 Å². The van der Waals surface area contributed by atoms with Gasteiger partial charge in [0.15, 0.2) is 0 Å². The molecule has 1 N–H and O–H groups in total. The molecule has 0 bridgehead atoms. The van der Waals surface area contributed by atoms with Crippen LogP contribution >= 0.6 is 11.6 Å². The van der Waals surface area contributed by atoms with Crippen LogP contribution < -0.4 is 11.0 Å². The van der Waals surface area contributed by atoms with E-state index in [1.807, 2.05) is 6.07 Å². The fourth-order valence-corrected chi connectivity index (χ4v) is 3.17. The zero-order valence-corrected chi connectivity index (χ0v) is 14.0. The van der Waals surface area contributed by atoms with Gasteiger partial charge in [-0.25, -0.2) is 13.6 Å². The zero-order valence-electron chi connectivity index (χ0n) is 13.2. The third-order valence-electron chi connectivity index (χ3n) is 3.98. The molecule has 0 atom stereocenters. The Bertz CT molecular complexity index is 1160. The van der Waals surface area contributed by atoms with Crippen LogP contribution in [0.1, 0.15) is 0 Å². The number of hydrogen-bond donors (Lipinski definition) is 1. The van der Waals surface area contributed by atoms with Crippen molar-refractivity contribution in [3.63, 3.8) is 0 Å². The molecule has 0 aliphatic rings. The summed E-state index contributed by atoms with van der Waals surface area (Å²) in [6.45, 7) is -0.637. The molecule has 4 aromatic rings. The van der Waals surface area contributed by atoms with Gasteiger partial charge in [-0.3, -0.25) is 4.57 Å². The lowest BCUT2D eigenvalue weighted by Crippen LogP contribution is -2.24. The number of benzene rings is 2. The summed E-state index contributed by atoms with van der Waals surface area (Å²) < 4.78 is 32.2. The van der Waals surface area contributed by atoms with E-state index >= 15 is 0 Å². The standard InChI is InChI=1S/C18H12ClF2N3O2/c19-12-8-13-15(16-11(12)6-7-26-16)17(22-9-14(20)21)23-18(25)24(13)10-4-2-1-3-5-10/h1-8,14H,9H2,(H,22,23,25). The van der Waals surface area contributed by atoms with Crippen molar-refractivity contribution < 1.29 is 13.2 Å². The van der Waals surface area contributed by atoms with Gasteiger partial charge in [0, 0.05) is 5.39 Å².